The van der Waals surface area contributed by atoms with Crippen LogP contribution in [0.2, 0.25) is 0 Å². The number of methoxy groups -OCH3 is 1. The molecular formula is C16H24ClNO2. The largest absolute Gasteiger partial charge is 0.493 e. The zero-order valence-electron chi connectivity index (χ0n) is 12.7. The summed E-state index contributed by atoms with van der Waals surface area (Å²) < 4.78 is 11.3. The molecule has 0 saturated heterocycles. The predicted molar refractivity (Wildman–Crippen MR) is 86.0 cm³/mol. The van der Waals surface area contributed by atoms with Crippen molar-refractivity contribution in [2.24, 2.45) is 4.99 Å². The molecule has 1 heterocycles. The Morgan fingerprint density at radius 3 is 2.70 bits per heavy atom. The van der Waals surface area contributed by atoms with E-state index in [2.05, 4.69) is 37.9 Å². The molecule has 0 aromatic heterocycles. The van der Waals surface area contributed by atoms with Crippen molar-refractivity contribution in [1.29, 1.82) is 0 Å². The summed E-state index contributed by atoms with van der Waals surface area (Å²) in [6.45, 7) is 7.10. The molecule has 1 aromatic rings. The van der Waals surface area contributed by atoms with Crippen molar-refractivity contribution in [1.82, 2.24) is 0 Å². The van der Waals surface area contributed by atoms with Gasteiger partial charge < -0.3 is 9.47 Å². The quantitative estimate of drug-likeness (QED) is 0.768. The van der Waals surface area contributed by atoms with Gasteiger partial charge in [-0.2, -0.15) is 0 Å². The van der Waals surface area contributed by atoms with Gasteiger partial charge in [0.15, 0.2) is 11.5 Å². The first kappa shape index (κ1) is 16.8. The van der Waals surface area contributed by atoms with Crippen LogP contribution in [0.4, 0.5) is 0 Å². The lowest BCUT2D eigenvalue weighted by Gasteiger charge is -2.21. The molecule has 0 spiro atoms. The third-order valence-corrected chi connectivity index (χ3v) is 3.46. The van der Waals surface area contributed by atoms with E-state index >= 15 is 0 Å². The average molecular weight is 298 g/mol. The number of rotatable bonds is 5. The molecule has 0 bridgehead atoms. The second-order valence-electron chi connectivity index (χ2n) is 5.13. The Labute approximate surface area is 127 Å². The van der Waals surface area contributed by atoms with Crippen LogP contribution in [-0.2, 0) is 6.42 Å². The molecule has 1 aliphatic rings. The number of aliphatic imine (C=N–C) groups is 1. The SMILES string of the molecule is CCCCOc1cc2c(cc1OC)CC(C)N=C2C.Cl. The fraction of sp³-hybridized carbons (Fsp3) is 0.562. The number of unbranched alkanes of at least 4 members (excludes halogenated alkanes) is 1. The van der Waals surface area contributed by atoms with Crippen LogP contribution < -0.4 is 9.47 Å². The average Bonchev–Trinajstić information content (AvgIpc) is 2.38. The number of nitrogens with zero attached hydrogens (tertiary/aromatic N) is 1. The molecule has 0 N–H and O–H groups in total. The summed E-state index contributed by atoms with van der Waals surface area (Å²) in [6.07, 6.45) is 3.16. The number of ether oxygens (including phenoxy) is 2. The zero-order valence-corrected chi connectivity index (χ0v) is 13.5. The molecular weight excluding hydrogens is 274 g/mol. The van der Waals surface area contributed by atoms with Crippen molar-refractivity contribution in [3.05, 3.63) is 23.3 Å². The van der Waals surface area contributed by atoms with E-state index in [1.807, 2.05) is 0 Å². The lowest BCUT2D eigenvalue weighted by atomic mass is 9.94. The Hall–Kier alpha value is -1.22. The van der Waals surface area contributed by atoms with Gasteiger partial charge in [0.1, 0.15) is 0 Å². The molecule has 2 rings (SSSR count). The first-order valence-corrected chi connectivity index (χ1v) is 7.04. The highest BCUT2D eigenvalue weighted by molar-refractivity contribution is 6.01. The summed E-state index contributed by atoms with van der Waals surface area (Å²) >= 11 is 0. The van der Waals surface area contributed by atoms with Gasteiger partial charge in [-0.3, -0.25) is 4.99 Å². The maximum absolute atomic E-state index is 5.83. The summed E-state index contributed by atoms with van der Waals surface area (Å²) in [7, 11) is 1.70. The molecule has 0 fully saturated rings. The Morgan fingerprint density at radius 1 is 1.30 bits per heavy atom. The summed E-state index contributed by atoms with van der Waals surface area (Å²) in [5.74, 6) is 1.66. The summed E-state index contributed by atoms with van der Waals surface area (Å²) in [6, 6.07) is 4.53. The third kappa shape index (κ3) is 3.66. The maximum atomic E-state index is 5.83. The predicted octanol–water partition coefficient (Wildman–Crippen LogP) is 4.05. The van der Waals surface area contributed by atoms with E-state index in [1.54, 1.807) is 7.11 Å². The van der Waals surface area contributed by atoms with Gasteiger partial charge in [-0.1, -0.05) is 13.3 Å². The second-order valence-corrected chi connectivity index (χ2v) is 5.13. The van der Waals surface area contributed by atoms with Crippen LogP contribution in [-0.4, -0.2) is 25.5 Å². The standard InChI is InChI=1S/C16H23NO2.ClH/c1-5-6-7-19-16-10-14-12(3)17-11(2)8-13(14)9-15(16)18-4;/h9-11H,5-8H2,1-4H3;1H. The number of hydrogen-bond donors (Lipinski definition) is 0. The first-order valence-electron chi connectivity index (χ1n) is 7.04. The molecule has 4 heteroatoms. The summed E-state index contributed by atoms with van der Waals surface area (Å²) in [5.41, 5.74) is 3.60. The van der Waals surface area contributed by atoms with E-state index in [1.165, 1.54) is 11.1 Å². The molecule has 3 nitrogen and oxygen atoms in total. The van der Waals surface area contributed by atoms with Gasteiger partial charge in [-0.25, -0.2) is 0 Å². The zero-order chi connectivity index (χ0) is 13.8. The van der Waals surface area contributed by atoms with Gasteiger partial charge in [-0.15, -0.1) is 12.4 Å². The van der Waals surface area contributed by atoms with Crippen molar-refractivity contribution >= 4 is 18.1 Å². The highest BCUT2D eigenvalue weighted by Gasteiger charge is 2.19. The van der Waals surface area contributed by atoms with Crippen molar-refractivity contribution in [3.8, 4) is 11.5 Å². The smallest absolute Gasteiger partial charge is 0.161 e. The maximum Gasteiger partial charge on any atom is 0.161 e. The molecule has 112 valence electrons. The second kappa shape index (κ2) is 7.53. The number of hydrogen-bond acceptors (Lipinski definition) is 3. The summed E-state index contributed by atoms with van der Waals surface area (Å²) in [4.78, 5) is 4.64. The van der Waals surface area contributed by atoms with Crippen molar-refractivity contribution in [3.63, 3.8) is 0 Å². The van der Waals surface area contributed by atoms with E-state index in [4.69, 9.17) is 9.47 Å². The number of halogens is 1. The topological polar surface area (TPSA) is 30.8 Å². The van der Waals surface area contributed by atoms with Crippen LogP contribution >= 0.6 is 12.4 Å². The van der Waals surface area contributed by atoms with E-state index in [9.17, 15) is 0 Å². The van der Waals surface area contributed by atoms with Crippen LogP contribution in [0, 0.1) is 0 Å². The van der Waals surface area contributed by atoms with E-state index < -0.39 is 0 Å². The molecule has 0 radical (unpaired) electrons. The van der Waals surface area contributed by atoms with Crippen molar-refractivity contribution in [2.45, 2.75) is 46.1 Å². The normalized spacial score (nSPS) is 16.8. The van der Waals surface area contributed by atoms with Crippen LogP contribution in [0.25, 0.3) is 0 Å². The fourth-order valence-corrected chi connectivity index (χ4v) is 2.47. The van der Waals surface area contributed by atoms with Crippen molar-refractivity contribution < 1.29 is 9.47 Å². The van der Waals surface area contributed by atoms with Gasteiger partial charge in [0.2, 0.25) is 0 Å². The first-order chi connectivity index (χ1) is 9.15. The molecule has 20 heavy (non-hydrogen) atoms. The highest BCUT2D eigenvalue weighted by Crippen LogP contribution is 2.33. The monoisotopic (exact) mass is 297 g/mol. The van der Waals surface area contributed by atoms with Gasteiger partial charge in [-0.05, 0) is 44.4 Å². The van der Waals surface area contributed by atoms with Crippen LogP contribution in [0.3, 0.4) is 0 Å². The van der Waals surface area contributed by atoms with Crippen LogP contribution in [0.15, 0.2) is 17.1 Å². The van der Waals surface area contributed by atoms with Gasteiger partial charge in [0.05, 0.1) is 19.8 Å². The van der Waals surface area contributed by atoms with Gasteiger partial charge >= 0.3 is 0 Å². The highest BCUT2D eigenvalue weighted by atomic mass is 35.5. The molecule has 0 aliphatic carbocycles. The molecule has 1 atom stereocenters. The van der Waals surface area contributed by atoms with Crippen molar-refractivity contribution in [2.75, 3.05) is 13.7 Å². The fourth-order valence-electron chi connectivity index (χ4n) is 2.47. The van der Waals surface area contributed by atoms with E-state index in [-0.39, 0.29) is 12.4 Å². The van der Waals surface area contributed by atoms with Crippen LogP contribution in [0.5, 0.6) is 11.5 Å². The minimum Gasteiger partial charge on any atom is -0.493 e. The number of fused-ring (bicyclic) bond motifs is 1. The molecule has 0 saturated carbocycles. The lowest BCUT2D eigenvalue weighted by molar-refractivity contribution is 0.288. The molecule has 1 unspecified atom stereocenters. The molecule has 1 aromatic carbocycles. The molecule has 1 aliphatic heterocycles. The minimum atomic E-state index is 0. The Balaban J connectivity index is 0.00000200. The Bertz CT molecular complexity index is 486. The Morgan fingerprint density at radius 2 is 2.05 bits per heavy atom. The third-order valence-electron chi connectivity index (χ3n) is 3.46. The van der Waals surface area contributed by atoms with Gasteiger partial charge in [0.25, 0.3) is 0 Å². The summed E-state index contributed by atoms with van der Waals surface area (Å²) in [5, 5.41) is 0. The minimum absolute atomic E-state index is 0. The number of benzene rings is 1. The van der Waals surface area contributed by atoms with Gasteiger partial charge in [0, 0.05) is 11.3 Å². The van der Waals surface area contributed by atoms with Crippen LogP contribution in [0.1, 0.15) is 44.7 Å². The van der Waals surface area contributed by atoms with E-state index in [0.29, 0.717) is 6.04 Å². The Kier molecular flexibility index (Phi) is 6.34. The molecule has 0 amide bonds. The lowest BCUT2D eigenvalue weighted by Crippen LogP contribution is -2.17. The van der Waals surface area contributed by atoms with E-state index in [0.717, 1.165) is 43.1 Å².